The zero-order chi connectivity index (χ0) is 11.4. The predicted molar refractivity (Wildman–Crippen MR) is 74.2 cm³/mol. The van der Waals surface area contributed by atoms with Gasteiger partial charge in [0.25, 0.3) is 0 Å². The summed E-state index contributed by atoms with van der Waals surface area (Å²) in [7, 11) is 0. The first-order valence-electron chi connectivity index (χ1n) is 5.25. The van der Waals surface area contributed by atoms with Gasteiger partial charge in [0.2, 0.25) is 0 Å². The Morgan fingerprint density at radius 3 is 2.25 bits per heavy atom. The molecule has 0 aromatic heterocycles. The van der Waals surface area contributed by atoms with E-state index < -0.39 is 0 Å². The number of benzene rings is 2. The molecule has 0 bridgehead atoms. The van der Waals surface area contributed by atoms with Crippen LogP contribution in [0.15, 0.2) is 53.0 Å². The zero-order valence-electron chi connectivity index (χ0n) is 9.15. The van der Waals surface area contributed by atoms with Gasteiger partial charge in [-0.1, -0.05) is 64.5 Å². The first kappa shape index (κ1) is 11.2. The van der Waals surface area contributed by atoms with Crippen molar-refractivity contribution in [2.45, 2.75) is 6.92 Å². The Balaban J connectivity index is 2.21. The molecular weight excluding hydrogens is 260 g/mol. The minimum absolute atomic E-state index is 1.11. The molecule has 0 spiro atoms. The van der Waals surface area contributed by atoms with E-state index in [2.05, 4.69) is 83.5 Å². The molecule has 0 heterocycles. The smallest absolute Gasteiger partial charge is 0.0175 e. The van der Waals surface area contributed by atoms with Crippen LogP contribution in [-0.2, 0) is 0 Å². The molecule has 0 aliphatic carbocycles. The Morgan fingerprint density at radius 1 is 0.875 bits per heavy atom. The fourth-order valence-electron chi connectivity index (χ4n) is 1.53. The number of hydrogen-bond donors (Lipinski definition) is 0. The highest BCUT2D eigenvalue weighted by molar-refractivity contribution is 9.10. The highest BCUT2D eigenvalue weighted by atomic mass is 79.9. The fraction of sp³-hybridized carbons (Fsp3) is 0.0667. The summed E-state index contributed by atoms with van der Waals surface area (Å²) in [5, 5.41) is 0. The van der Waals surface area contributed by atoms with Crippen LogP contribution in [0, 0.1) is 6.92 Å². The van der Waals surface area contributed by atoms with Gasteiger partial charge in [-0.05, 0) is 35.7 Å². The van der Waals surface area contributed by atoms with E-state index in [0.29, 0.717) is 0 Å². The summed E-state index contributed by atoms with van der Waals surface area (Å²) in [5.41, 5.74) is 3.78. The average Bonchev–Trinajstić information content (AvgIpc) is 2.30. The van der Waals surface area contributed by atoms with Crippen LogP contribution in [0.1, 0.15) is 16.7 Å². The molecule has 1 heteroatoms. The molecule has 0 saturated heterocycles. The molecule has 0 atom stereocenters. The van der Waals surface area contributed by atoms with Gasteiger partial charge in [-0.15, -0.1) is 0 Å². The van der Waals surface area contributed by atoms with Gasteiger partial charge in [-0.3, -0.25) is 0 Å². The Kier molecular flexibility index (Phi) is 3.58. The third-order valence-electron chi connectivity index (χ3n) is 2.51. The number of rotatable bonds is 2. The van der Waals surface area contributed by atoms with Crippen molar-refractivity contribution in [3.05, 3.63) is 69.7 Å². The molecule has 0 nitrogen and oxygen atoms in total. The van der Waals surface area contributed by atoms with Crippen LogP contribution in [0.25, 0.3) is 12.2 Å². The molecule has 0 radical (unpaired) electrons. The van der Waals surface area contributed by atoms with E-state index >= 15 is 0 Å². The van der Waals surface area contributed by atoms with Gasteiger partial charge in [0.15, 0.2) is 0 Å². The first-order valence-corrected chi connectivity index (χ1v) is 6.04. The Bertz CT molecular complexity index is 495. The lowest BCUT2D eigenvalue weighted by Crippen LogP contribution is -1.78. The maximum Gasteiger partial charge on any atom is 0.0175 e. The molecule has 2 aromatic carbocycles. The predicted octanol–water partition coefficient (Wildman–Crippen LogP) is 4.93. The third kappa shape index (κ3) is 2.83. The molecule has 0 aliphatic rings. The standard InChI is InChI=1S/C15H13Br/c1-12-4-2-3-5-14(12)9-6-13-7-10-15(16)11-8-13/h2-11H,1H3. The van der Waals surface area contributed by atoms with Crippen LogP contribution in [0.4, 0.5) is 0 Å². The second-order valence-electron chi connectivity index (χ2n) is 3.74. The third-order valence-corrected chi connectivity index (χ3v) is 3.04. The fourth-order valence-corrected chi connectivity index (χ4v) is 1.80. The van der Waals surface area contributed by atoms with Gasteiger partial charge in [-0.2, -0.15) is 0 Å². The van der Waals surface area contributed by atoms with Crippen molar-refractivity contribution in [1.82, 2.24) is 0 Å². The van der Waals surface area contributed by atoms with Crippen molar-refractivity contribution in [2.24, 2.45) is 0 Å². The quantitative estimate of drug-likeness (QED) is 0.681. The average molecular weight is 273 g/mol. The number of aryl methyl sites for hydroxylation is 1. The van der Waals surface area contributed by atoms with Crippen molar-refractivity contribution in [3.8, 4) is 0 Å². The van der Waals surface area contributed by atoms with Gasteiger partial charge in [0.05, 0.1) is 0 Å². The Hall–Kier alpha value is -1.34. The molecule has 0 aliphatic heterocycles. The molecular formula is C15H13Br. The topological polar surface area (TPSA) is 0 Å². The molecule has 0 unspecified atom stereocenters. The van der Waals surface area contributed by atoms with Crippen LogP contribution in [-0.4, -0.2) is 0 Å². The summed E-state index contributed by atoms with van der Waals surface area (Å²) in [6.07, 6.45) is 4.29. The van der Waals surface area contributed by atoms with E-state index in [0.717, 1.165) is 4.47 Å². The van der Waals surface area contributed by atoms with Crippen molar-refractivity contribution < 1.29 is 0 Å². The Morgan fingerprint density at radius 2 is 1.56 bits per heavy atom. The summed E-state index contributed by atoms with van der Waals surface area (Å²) >= 11 is 3.43. The number of hydrogen-bond acceptors (Lipinski definition) is 0. The lowest BCUT2D eigenvalue weighted by molar-refractivity contribution is 1.45. The molecule has 0 amide bonds. The summed E-state index contributed by atoms with van der Waals surface area (Å²) in [6.45, 7) is 2.13. The maximum absolute atomic E-state index is 3.43. The second kappa shape index (κ2) is 5.13. The van der Waals surface area contributed by atoms with Crippen LogP contribution in [0.2, 0.25) is 0 Å². The lowest BCUT2D eigenvalue weighted by Gasteiger charge is -1.98. The highest BCUT2D eigenvalue weighted by Crippen LogP contribution is 2.14. The van der Waals surface area contributed by atoms with E-state index in [1.54, 1.807) is 0 Å². The molecule has 16 heavy (non-hydrogen) atoms. The first-order chi connectivity index (χ1) is 7.75. The zero-order valence-corrected chi connectivity index (χ0v) is 10.7. The monoisotopic (exact) mass is 272 g/mol. The van der Waals surface area contributed by atoms with E-state index in [9.17, 15) is 0 Å². The van der Waals surface area contributed by atoms with Crippen molar-refractivity contribution in [2.75, 3.05) is 0 Å². The maximum atomic E-state index is 3.43. The summed E-state index contributed by atoms with van der Waals surface area (Å²) < 4.78 is 1.11. The van der Waals surface area contributed by atoms with Crippen LogP contribution >= 0.6 is 15.9 Å². The second-order valence-corrected chi connectivity index (χ2v) is 4.66. The molecule has 2 aromatic rings. The highest BCUT2D eigenvalue weighted by Gasteiger charge is 1.91. The van der Waals surface area contributed by atoms with E-state index in [1.165, 1.54) is 16.7 Å². The molecule has 0 fully saturated rings. The SMILES string of the molecule is Cc1ccccc1C=Cc1ccc(Br)cc1. The van der Waals surface area contributed by atoms with Crippen LogP contribution in [0.5, 0.6) is 0 Å². The molecule has 80 valence electrons. The van der Waals surface area contributed by atoms with Crippen molar-refractivity contribution >= 4 is 28.1 Å². The molecule has 2 rings (SSSR count). The van der Waals surface area contributed by atoms with E-state index in [-0.39, 0.29) is 0 Å². The minimum Gasteiger partial charge on any atom is -0.0620 e. The van der Waals surface area contributed by atoms with Gasteiger partial charge >= 0.3 is 0 Å². The van der Waals surface area contributed by atoms with E-state index in [4.69, 9.17) is 0 Å². The number of halogens is 1. The lowest BCUT2D eigenvalue weighted by atomic mass is 10.1. The molecule has 0 saturated carbocycles. The van der Waals surface area contributed by atoms with Gasteiger partial charge < -0.3 is 0 Å². The normalized spacial score (nSPS) is 10.9. The van der Waals surface area contributed by atoms with Crippen LogP contribution < -0.4 is 0 Å². The van der Waals surface area contributed by atoms with Crippen molar-refractivity contribution in [3.63, 3.8) is 0 Å². The van der Waals surface area contributed by atoms with Crippen LogP contribution in [0.3, 0.4) is 0 Å². The minimum atomic E-state index is 1.11. The largest absolute Gasteiger partial charge is 0.0620 e. The summed E-state index contributed by atoms with van der Waals surface area (Å²) in [5.74, 6) is 0. The van der Waals surface area contributed by atoms with Gasteiger partial charge in [0, 0.05) is 4.47 Å². The van der Waals surface area contributed by atoms with Gasteiger partial charge in [0.1, 0.15) is 0 Å². The summed E-state index contributed by atoms with van der Waals surface area (Å²) in [6, 6.07) is 16.7. The van der Waals surface area contributed by atoms with E-state index in [1.807, 2.05) is 0 Å². The molecule has 0 N–H and O–H groups in total. The summed E-state index contributed by atoms with van der Waals surface area (Å²) in [4.78, 5) is 0. The Labute approximate surface area is 105 Å². The van der Waals surface area contributed by atoms with Crippen molar-refractivity contribution in [1.29, 1.82) is 0 Å². The van der Waals surface area contributed by atoms with Gasteiger partial charge in [-0.25, -0.2) is 0 Å².